The number of amides is 1. The molecule has 0 aliphatic rings. The molecule has 0 spiro atoms. The number of benzene rings is 2. The van der Waals surface area contributed by atoms with E-state index in [1.54, 1.807) is 47.7 Å². The smallest absolute Gasteiger partial charge is 0.264 e. The van der Waals surface area contributed by atoms with E-state index in [9.17, 15) is 13.2 Å². The topological polar surface area (TPSA) is 78.5 Å². The van der Waals surface area contributed by atoms with Crippen LogP contribution in [0.2, 0.25) is 0 Å². The zero-order valence-electron chi connectivity index (χ0n) is 16.2. The molecule has 2 N–H and O–H groups in total. The molecule has 152 valence electrons. The summed E-state index contributed by atoms with van der Waals surface area (Å²) in [7, 11) is -2.23. The molecule has 1 amide bonds. The van der Waals surface area contributed by atoms with Crippen molar-refractivity contribution in [3.05, 3.63) is 77.0 Å². The molecule has 1 heterocycles. The zero-order chi connectivity index (χ0) is 20.9. The first-order valence-corrected chi connectivity index (χ1v) is 11.4. The molecule has 1 atom stereocenters. The fourth-order valence-corrected chi connectivity index (χ4v) is 4.76. The number of nitrogens with one attached hydrogen (secondary N) is 2. The van der Waals surface area contributed by atoms with Crippen LogP contribution in [-0.2, 0) is 14.8 Å². The third-order valence-corrected chi connectivity index (χ3v) is 7.27. The summed E-state index contributed by atoms with van der Waals surface area (Å²) in [6.07, 6.45) is 0. The van der Waals surface area contributed by atoms with Crippen LogP contribution >= 0.6 is 11.3 Å². The third kappa shape index (κ3) is 5.23. The lowest BCUT2D eigenvalue weighted by Gasteiger charge is -2.20. The van der Waals surface area contributed by atoms with Crippen molar-refractivity contribution < 1.29 is 13.2 Å². The second-order valence-corrected chi connectivity index (χ2v) is 9.45. The zero-order valence-corrected chi connectivity index (χ0v) is 17.8. The lowest BCUT2D eigenvalue weighted by molar-refractivity contribution is -0.115. The number of anilines is 2. The molecule has 8 heteroatoms. The number of hydrogen-bond donors (Lipinski definition) is 2. The maximum atomic E-state index is 12.9. The molecule has 1 unspecified atom stereocenters. The highest BCUT2D eigenvalue weighted by molar-refractivity contribution is 7.92. The van der Waals surface area contributed by atoms with Crippen molar-refractivity contribution in [3.63, 3.8) is 0 Å². The molecule has 6 nitrogen and oxygen atoms in total. The summed E-state index contributed by atoms with van der Waals surface area (Å²) >= 11 is 1.63. The normalized spacial score (nSPS) is 12.3. The molecular weight excluding hydrogens is 406 g/mol. The molecule has 3 aromatic rings. The summed E-state index contributed by atoms with van der Waals surface area (Å²) in [5.74, 6) is -0.237. The number of para-hydroxylation sites is 1. The Morgan fingerprint density at radius 2 is 1.83 bits per heavy atom. The van der Waals surface area contributed by atoms with E-state index in [0.717, 1.165) is 4.88 Å². The predicted molar refractivity (Wildman–Crippen MR) is 118 cm³/mol. The Balaban J connectivity index is 1.66. The molecule has 0 fully saturated rings. The highest BCUT2D eigenvalue weighted by Crippen LogP contribution is 2.23. The van der Waals surface area contributed by atoms with Gasteiger partial charge in [-0.2, -0.15) is 0 Å². The standard InChI is InChI=1S/C21H23N3O3S2/c1-16(20-12-7-13-28-20)22-15-21(25)23-17-8-6-11-19(14-17)29(26,27)24(2)18-9-4-3-5-10-18/h3-14,16,22H,15H2,1-2H3,(H,23,25). The van der Waals surface area contributed by atoms with Crippen LogP contribution in [0.3, 0.4) is 0 Å². The van der Waals surface area contributed by atoms with E-state index in [1.807, 2.05) is 30.5 Å². The van der Waals surface area contributed by atoms with Crippen LogP contribution in [0.5, 0.6) is 0 Å². The molecular formula is C21H23N3O3S2. The quantitative estimate of drug-likeness (QED) is 0.570. The monoisotopic (exact) mass is 429 g/mol. The average molecular weight is 430 g/mol. The van der Waals surface area contributed by atoms with Gasteiger partial charge in [-0.15, -0.1) is 11.3 Å². The molecule has 0 saturated carbocycles. The molecule has 1 aromatic heterocycles. The SMILES string of the molecule is CC(NCC(=O)Nc1cccc(S(=O)(=O)N(C)c2ccccc2)c1)c1cccs1. The summed E-state index contributed by atoms with van der Waals surface area (Å²) < 4.78 is 27.1. The van der Waals surface area contributed by atoms with E-state index >= 15 is 0 Å². The summed E-state index contributed by atoms with van der Waals surface area (Å²) in [5.41, 5.74) is 0.997. The number of rotatable bonds is 8. The van der Waals surface area contributed by atoms with Gasteiger partial charge < -0.3 is 10.6 Å². The Bertz CT molecular complexity index is 1050. The average Bonchev–Trinajstić information content (AvgIpc) is 3.27. The first-order chi connectivity index (χ1) is 13.9. The van der Waals surface area contributed by atoms with E-state index in [-0.39, 0.29) is 23.4 Å². The van der Waals surface area contributed by atoms with E-state index in [4.69, 9.17) is 0 Å². The van der Waals surface area contributed by atoms with Crippen LogP contribution in [0.15, 0.2) is 77.0 Å². The van der Waals surface area contributed by atoms with Gasteiger partial charge in [0, 0.05) is 23.7 Å². The lowest BCUT2D eigenvalue weighted by atomic mass is 10.2. The highest BCUT2D eigenvalue weighted by Gasteiger charge is 2.21. The first-order valence-electron chi connectivity index (χ1n) is 9.08. The molecule has 0 aliphatic heterocycles. The van der Waals surface area contributed by atoms with Crippen LogP contribution in [0.4, 0.5) is 11.4 Å². The number of carbonyl (C=O) groups excluding carboxylic acids is 1. The van der Waals surface area contributed by atoms with E-state index in [1.165, 1.54) is 23.5 Å². The number of thiophene rings is 1. The van der Waals surface area contributed by atoms with Crippen LogP contribution in [0.1, 0.15) is 17.8 Å². The molecule has 2 aromatic carbocycles. The molecule has 29 heavy (non-hydrogen) atoms. The van der Waals surface area contributed by atoms with Crippen molar-refractivity contribution in [2.45, 2.75) is 17.9 Å². The van der Waals surface area contributed by atoms with Gasteiger partial charge in [0.25, 0.3) is 10.0 Å². The maximum Gasteiger partial charge on any atom is 0.264 e. The van der Waals surface area contributed by atoms with Crippen molar-refractivity contribution in [2.75, 3.05) is 23.2 Å². The minimum Gasteiger partial charge on any atom is -0.325 e. The molecule has 3 rings (SSSR count). The van der Waals surface area contributed by atoms with Gasteiger partial charge in [0.15, 0.2) is 0 Å². The number of nitrogens with zero attached hydrogens (tertiary/aromatic N) is 1. The van der Waals surface area contributed by atoms with Gasteiger partial charge in [-0.3, -0.25) is 9.10 Å². The van der Waals surface area contributed by atoms with Gasteiger partial charge in [-0.1, -0.05) is 30.3 Å². The predicted octanol–water partition coefficient (Wildman–Crippen LogP) is 3.86. The van der Waals surface area contributed by atoms with E-state index in [2.05, 4.69) is 10.6 Å². The Kier molecular flexibility index (Phi) is 6.68. The second-order valence-electron chi connectivity index (χ2n) is 6.50. The summed E-state index contributed by atoms with van der Waals surface area (Å²) in [5, 5.41) is 7.91. The Hall–Kier alpha value is -2.68. The maximum absolute atomic E-state index is 12.9. The van der Waals surface area contributed by atoms with E-state index in [0.29, 0.717) is 11.4 Å². The minimum atomic E-state index is -3.74. The van der Waals surface area contributed by atoms with E-state index < -0.39 is 10.0 Å². The highest BCUT2D eigenvalue weighted by atomic mass is 32.2. The second kappa shape index (κ2) is 9.21. The Labute approximate surface area is 175 Å². The Morgan fingerprint density at radius 3 is 2.52 bits per heavy atom. The Morgan fingerprint density at radius 1 is 1.07 bits per heavy atom. The molecule has 0 radical (unpaired) electrons. The van der Waals surface area contributed by atoms with Crippen molar-refractivity contribution >= 4 is 38.6 Å². The van der Waals surface area contributed by atoms with Gasteiger partial charge >= 0.3 is 0 Å². The van der Waals surface area contributed by atoms with Gasteiger partial charge in [0.05, 0.1) is 17.1 Å². The summed E-state index contributed by atoms with van der Waals surface area (Å²) in [6.45, 7) is 2.12. The van der Waals surface area contributed by atoms with Gasteiger partial charge in [-0.05, 0) is 48.7 Å². The fourth-order valence-electron chi connectivity index (χ4n) is 2.76. The number of hydrogen-bond acceptors (Lipinski definition) is 5. The van der Waals surface area contributed by atoms with Crippen molar-refractivity contribution in [2.24, 2.45) is 0 Å². The van der Waals surface area contributed by atoms with Crippen LogP contribution in [-0.4, -0.2) is 27.9 Å². The van der Waals surface area contributed by atoms with Crippen LogP contribution in [0, 0.1) is 0 Å². The van der Waals surface area contributed by atoms with Crippen LogP contribution < -0.4 is 14.9 Å². The number of sulfonamides is 1. The van der Waals surface area contributed by atoms with Crippen molar-refractivity contribution in [3.8, 4) is 0 Å². The molecule has 0 bridgehead atoms. The first kappa shape index (κ1) is 21.0. The van der Waals surface area contributed by atoms with Gasteiger partial charge in [0.1, 0.15) is 0 Å². The van der Waals surface area contributed by atoms with Crippen LogP contribution in [0.25, 0.3) is 0 Å². The minimum absolute atomic E-state index is 0.0620. The molecule has 0 saturated heterocycles. The summed E-state index contributed by atoms with van der Waals surface area (Å²) in [6, 6.07) is 19.1. The summed E-state index contributed by atoms with van der Waals surface area (Å²) in [4.78, 5) is 13.5. The largest absolute Gasteiger partial charge is 0.325 e. The fraction of sp³-hybridized carbons (Fsp3) is 0.190. The number of carbonyl (C=O) groups is 1. The molecule has 0 aliphatic carbocycles. The third-order valence-electron chi connectivity index (χ3n) is 4.43. The van der Waals surface area contributed by atoms with Crippen molar-refractivity contribution in [1.29, 1.82) is 0 Å². The van der Waals surface area contributed by atoms with Crippen molar-refractivity contribution in [1.82, 2.24) is 5.32 Å². The lowest BCUT2D eigenvalue weighted by Crippen LogP contribution is -2.30. The van der Waals surface area contributed by atoms with Gasteiger partial charge in [0.2, 0.25) is 5.91 Å². The van der Waals surface area contributed by atoms with Gasteiger partial charge in [-0.25, -0.2) is 8.42 Å².